The lowest BCUT2D eigenvalue weighted by atomic mass is 9.84. The monoisotopic (exact) mass is 296 g/mol. The van der Waals surface area contributed by atoms with E-state index in [4.69, 9.17) is 5.11 Å². The Bertz CT molecular complexity index is 363. The Hall–Kier alpha value is -1.10. The molecule has 2 fully saturated rings. The van der Waals surface area contributed by atoms with Crippen LogP contribution in [0.15, 0.2) is 0 Å². The Morgan fingerprint density at radius 2 is 1.57 bits per heavy atom. The van der Waals surface area contributed by atoms with Crippen LogP contribution < -0.4 is 5.32 Å². The second kappa shape index (κ2) is 7.78. The maximum atomic E-state index is 12.7. The van der Waals surface area contributed by atoms with Crippen LogP contribution in [0.2, 0.25) is 0 Å². The number of imide groups is 1. The number of unbranched alkanes of at least 4 members (excludes halogenated alkanes) is 3. The topological polar surface area (TPSA) is 69.6 Å². The minimum absolute atomic E-state index is 0.00319. The van der Waals surface area contributed by atoms with Gasteiger partial charge in [0.25, 0.3) is 5.91 Å². The lowest BCUT2D eigenvalue weighted by Crippen LogP contribution is -2.47. The number of nitrogens with one attached hydrogen (secondary N) is 1. The molecule has 5 heteroatoms. The maximum absolute atomic E-state index is 12.7. The molecule has 1 spiro atoms. The molecule has 1 heterocycles. The normalized spacial score (nSPS) is 22.2. The third-order valence-corrected chi connectivity index (χ3v) is 4.74. The summed E-state index contributed by atoms with van der Waals surface area (Å²) in [4.78, 5) is 26.2. The van der Waals surface area contributed by atoms with Crippen LogP contribution in [0, 0.1) is 0 Å². The van der Waals surface area contributed by atoms with E-state index >= 15 is 0 Å². The second-order valence-corrected chi connectivity index (χ2v) is 6.37. The second-order valence-electron chi connectivity index (χ2n) is 6.37. The molecular formula is C16H28N2O3. The number of carbonyl (C=O) groups excluding carboxylic acids is 2. The quantitative estimate of drug-likeness (QED) is 0.584. The molecule has 2 rings (SSSR count). The molecule has 0 bridgehead atoms. The molecule has 1 saturated carbocycles. The highest BCUT2D eigenvalue weighted by Crippen LogP contribution is 2.32. The van der Waals surface area contributed by atoms with Gasteiger partial charge in [0.05, 0.1) is 0 Å². The van der Waals surface area contributed by atoms with Crippen LogP contribution in [-0.4, -0.2) is 40.6 Å². The molecule has 120 valence electrons. The zero-order chi connectivity index (χ0) is 15.1. The number of urea groups is 1. The lowest BCUT2D eigenvalue weighted by Gasteiger charge is -2.28. The smallest absolute Gasteiger partial charge is 0.325 e. The lowest BCUT2D eigenvalue weighted by molar-refractivity contribution is -0.132. The van der Waals surface area contributed by atoms with Crippen LogP contribution >= 0.6 is 0 Å². The van der Waals surface area contributed by atoms with Crippen LogP contribution in [0.25, 0.3) is 0 Å². The predicted molar refractivity (Wildman–Crippen MR) is 80.8 cm³/mol. The fourth-order valence-corrected chi connectivity index (χ4v) is 3.46. The molecule has 0 aromatic heterocycles. The summed E-state index contributed by atoms with van der Waals surface area (Å²) in [6.45, 7) is 0.726. The molecule has 21 heavy (non-hydrogen) atoms. The van der Waals surface area contributed by atoms with E-state index in [1.54, 1.807) is 0 Å². The summed E-state index contributed by atoms with van der Waals surface area (Å²) < 4.78 is 0. The zero-order valence-corrected chi connectivity index (χ0v) is 12.9. The van der Waals surface area contributed by atoms with E-state index in [1.807, 2.05) is 0 Å². The molecule has 1 aliphatic carbocycles. The molecule has 1 aliphatic heterocycles. The maximum Gasteiger partial charge on any atom is 0.325 e. The Labute approximate surface area is 127 Å². The van der Waals surface area contributed by atoms with E-state index in [-0.39, 0.29) is 18.5 Å². The number of nitrogens with zero attached hydrogens (tertiary/aromatic N) is 1. The highest BCUT2D eigenvalue weighted by molar-refractivity contribution is 6.07. The summed E-state index contributed by atoms with van der Waals surface area (Å²) in [5.74, 6) is -0.00319. The van der Waals surface area contributed by atoms with Gasteiger partial charge < -0.3 is 10.4 Å². The first-order chi connectivity index (χ1) is 10.2. The van der Waals surface area contributed by atoms with Crippen molar-refractivity contribution in [1.82, 2.24) is 10.2 Å². The van der Waals surface area contributed by atoms with Crippen molar-refractivity contribution < 1.29 is 14.7 Å². The number of rotatable bonds is 6. The van der Waals surface area contributed by atoms with Gasteiger partial charge in [-0.3, -0.25) is 9.69 Å². The van der Waals surface area contributed by atoms with E-state index in [2.05, 4.69) is 5.32 Å². The highest BCUT2D eigenvalue weighted by Gasteiger charge is 2.49. The molecule has 0 unspecified atom stereocenters. The highest BCUT2D eigenvalue weighted by atomic mass is 16.3. The van der Waals surface area contributed by atoms with E-state index in [0.717, 1.165) is 64.2 Å². The van der Waals surface area contributed by atoms with Gasteiger partial charge in [0.1, 0.15) is 5.54 Å². The number of hydrogen-bond donors (Lipinski definition) is 2. The van der Waals surface area contributed by atoms with Crippen molar-refractivity contribution in [2.75, 3.05) is 13.2 Å². The summed E-state index contributed by atoms with van der Waals surface area (Å²) in [5.41, 5.74) is -0.609. The number of carbonyl (C=O) groups is 2. The van der Waals surface area contributed by atoms with Gasteiger partial charge in [-0.2, -0.15) is 0 Å². The zero-order valence-electron chi connectivity index (χ0n) is 12.9. The SMILES string of the molecule is O=C1NC2(CCCCCCC2)C(=O)N1CCCCCCO. The van der Waals surface area contributed by atoms with Gasteiger partial charge >= 0.3 is 6.03 Å². The Morgan fingerprint density at radius 3 is 2.24 bits per heavy atom. The average molecular weight is 296 g/mol. The standard InChI is InChI=1S/C16H28N2O3/c19-13-9-5-4-8-12-18-14(20)16(17-15(18)21)10-6-2-1-3-7-11-16/h19H,1-13H2,(H,17,21). The Balaban J connectivity index is 1.88. The van der Waals surface area contributed by atoms with Gasteiger partial charge in [0.2, 0.25) is 0 Å². The summed E-state index contributed by atoms with van der Waals surface area (Å²) in [6, 6.07) is -0.206. The minimum Gasteiger partial charge on any atom is -0.396 e. The number of aliphatic hydroxyl groups excluding tert-OH is 1. The number of hydrogen-bond acceptors (Lipinski definition) is 3. The summed E-state index contributed by atoms with van der Waals surface area (Å²) in [5, 5.41) is 11.7. The fourth-order valence-electron chi connectivity index (χ4n) is 3.46. The van der Waals surface area contributed by atoms with Crippen molar-refractivity contribution in [3.63, 3.8) is 0 Å². The molecule has 0 aromatic rings. The third kappa shape index (κ3) is 3.96. The van der Waals surface area contributed by atoms with Crippen molar-refractivity contribution in [2.24, 2.45) is 0 Å². The van der Waals surface area contributed by atoms with Crippen molar-refractivity contribution in [2.45, 2.75) is 76.2 Å². The Kier molecular flexibility index (Phi) is 6.03. The van der Waals surface area contributed by atoms with Gasteiger partial charge in [-0.25, -0.2) is 4.79 Å². The van der Waals surface area contributed by atoms with Crippen LogP contribution in [0.3, 0.4) is 0 Å². The predicted octanol–water partition coefficient (Wildman–Crippen LogP) is 2.57. The molecule has 2 aliphatic rings. The molecule has 0 aromatic carbocycles. The summed E-state index contributed by atoms with van der Waals surface area (Å²) in [6.07, 6.45) is 10.7. The molecule has 2 N–H and O–H groups in total. The molecular weight excluding hydrogens is 268 g/mol. The van der Waals surface area contributed by atoms with E-state index < -0.39 is 5.54 Å². The molecule has 1 saturated heterocycles. The summed E-state index contributed by atoms with van der Waals surface area (Å²) >= 11 is 0. The van der Waals surface area contributed by atoms with Crippen LogP contribution in [0.5, 0.6) is 0 Å². The minimum atomic E-state index is -0.609. The van der Waals surface area contributed by atoms with Gasteiger partial charge in [-0.15, -0.1) is 0 Å². The molecule has 0 atom stereocenters. The van der Waals surface area contributed by atoms with Gasteiger partial charge in [-0.1, -0.05) is 44.9 Å². The van der Waals surface area contributed by atoms with E-state index in [1.165, 1.54) is 11.3 Å². The van der Waals surface area contributed by atoms with Gasteiger partial charge in [0, 0.05) is 13.2 Å². The van der Waals surface area contributed by atoms with Gasteiger partial charge in [0.15, 0.2) is 0 Å². The van der Waals surface area contributed by atoms with Crippen molar-refractivity contribution in [1.29, 1.82) is 0 Å². The van der Waals surface area contributed by atoms with E-state index in [0.29, 0.717) is 6.54 Å². The van der Waals surface area contributed by atoms with Crippen LogP contribution in [0.1, 0.15) is 70.6 Å². The number of aliphatic hydroxyl groups is 1. The Morgan fingerprint density at radius 1 is 0.952 bits per heavy atom. The van der Waals surface area contributed by atoms with Crippen LogP contribution in [-0.2, 0) is 4.79 Å². The summed E-state index contributed by atoms with van der Waals surface area (Å²) in [7, 11) is 0. The van der Waals surface area contributed by atoms with Crippen molar-refractivity contribution in [3.05, 3.63) is 0 Å². The first-order valence-corrected chi connectivity index (χ1v) is 8.45. The van der Waals surface area contributed by atoms with E-state index in [9.17, 15) is 9.59 Å². The number of amides is 3. The van der Waals surface area contributed by atoms with Crippen molar-refractivity contribution >= 4 is 11.9 Å². The first-order valence-electron chi connectivity index (χ1n) is 8.45. The molecule has 3 amide bonds. The largest absolute Gasteiger partial charge is 0.396 e. The third-order valence-electron chi connectivity index (χ3n) is 4.74. The fraction of sp³-hybridized carbons (Fsp3) is 0.875. The van der Waals surface area contributed by atoms with Crippen LogP contribution in [0.4, 0.5) is 4.79 Å². The van der Waals surface area contributed by atoms with Gasteiger partial charge in [-0.05, 0) is 25.7 Å². The first kappa shape index (κ1) is 16.3. The average Bonchev–Trinajstić information content (AvgIpc) is 2.67. The van der Waals surface area contributed by atoms with Crippen molar-refractivity contribution in [3.8, 4) is 0 Å². The molecule has 5 nitrogen and oxygen atoms in total. The molecule has 0 radical (unpaired) electrons.